The Morgan fingerprint density at radius 2 is 1.96 bits per heavy atom. The second-order valence-electron chi connectivity index (χ2n) is 4.87. The largest absolute Gasteiger partial charge is 0.493 e. The fourth-order valence-electron chi connectivity index (χ4n) is 2.17. The third kappa shape index (κ3) is 5.17. The third-order valence-electron chi connectivity index (χ3n) is 3.39. The molecule has 2 aromatic rings. The van der Waals surface area contributed by atoms with Crippen molar-refractivity contribution in [3.05, 3.63) is 46.2 Å². The molecule has 6 heteroatoms. The summed E-state index contributed by atoms with van der Waals surface area (Å²) in [4.78, 5) is 5.52. The highest BCUT2D eigenvalue weighted by Gasteiger charge is 2.05. The van der Waals surface area contributed by atoms with E-state index < -0.39 is 0 Å². The molecule has 0 spiro atoms. The quantitative estimate of drug-likeness (QED) is 0.604. The van der Waals surface area contributed by atoms with Crippen LogP contribution >= 0.6 is 11.3 Å². The summed E-state index contributed by atoms with van der Waals surface area (Å²) >= 11 is 1.73. The Kier molecular flexibility index (Phi) is 6.75. The molecule has 0 saturated heterocycles. The van der Waals surface area contributed by atoms with Crippen LogP contribution in [0.4, 0.5) is 0 Å². The average Bonchev–Trinajstić information content (AvgIpc) is 3.11. The molecule has 1 aromatic carbocycles. The van der Waals surface area contributed by atoms with E-state index in [4.69, 9.17) is 9.47 Å². The lowest BCUT2D eigenvalue weighted by Gasteiger charge is -2.12. The number of methoxy groups -OCH3 is 2. The monoisotopic (exact) mass is 333 g/mol. The van der Waals surface area contributed by atoms with Crippen molar-refractivity contribution in [1.82, 2.24) is 10.6 Å². The van der Waals surface area contributed by atoms with Crippen LogP contribution in [0.1, 0.15) is 10.4 Å². The topological polar surface area (TPSA) is 54.9 Å². The summed E-state index contributed by atoms with van der Waals surface area (Å²) in [5.41, 5.74) is 1.18. The van der Waals surface area contributed by atoms with Gasteiger partial charge in [0.1, 0.15) is 0 Å². The first-order valence-electron chi connectivity index (χ1n) is 7.44. The maximum atomic E-state index is 5.33. The second kappa shape index (κ2) is 9.05. The Morgan fingerprint density at radius 1 is 1.13 bits per heavy atom. The zero-order chi connectivity index (χ0) is 16.5. The number of guanidine groups is 1. The molecule has 0 bridgehead atoms. The smallest absolute Gasteiger partial charge is 0.191 e. The van der Waals surface area contributed by atoms with Crippen LogP contribution in [0.5, 0.6) is 11.5 Å². The van der Waals surface area contributed by atoms with Gasteiger partial charge in [-0.05, 0) is 35.6 Å². The summed E-state index contributed by atoms with van der Waals surface area (Å²) in [5.74, 6) is 2.31. The van der Waals surface area contributed by atoms with Crippen LogP contribution in [0.3, 0.4) is 0 Å². The van der Waals surface area contributed by atoms with E-state index in [0.29, 0.717) is 0 Å². The van der Waals surface area contributed by atoms with Gasteiger partial charge in [-0.15, -0.1) is 11.3 Å². The molecule has 2 rings (SSSR count). The Labute approximate surface area is 141 Å². The fourth-order valence-corrected chi connectivity index (χ4v) is 2.81. The number of nitrogens with one attached hydrogen (secondary N) is 2. The molecule has 0 aliphatic rings. The summed E-state index contributed by atoms with van der Waals surface area (Å²) in [6.45, 7) is 1.58. The van der Waals surface area contributed by atoms with Crippen LogP contribution in [0, 0.1) is 0 Å². The van der Waals surface area contributed by atoms with E-state index >= 15 is 0 Å². The molecular formula is C17H23N3O2S. The van der Waals surface area contributed by atoms with Crippen molar-refractivity contribution in [1.29, 1.82) is 0 Å². The molecule has 0 saturated carbocycles. The third-order valence-corrected chi connectivity index (χ3v) is 4.26. The maximum absolute atomic E-state index is 5.33. The van der Waals surface area contributed by atoms with E-state index in [2.05, 4.69) is 33.1 Å². The number of hydrogen-bond donors (Lipinski definition) is 2. The molecule has 0 amide bonds. The SMILES string of the molecule is CN=C(NCCc1ccc(OC)c(OC)c1)NCc1cccs1. The van der Waals surface area contributed by atoms with Gasteiger partial charge in [0.25, 0.3) is 0 Å². The first kappa shape index (κ1) is 17.1. The van der Waals surface area contributed by atoms with Gasteiger partial charge in [-0.3, -0.25) is 4.99 Å². The summed E-state index contributed by atoms with van der Waals surface area (Å²) in [7, 11) is 5.07. The highest BCUT2D eigenvalue weighted by atomic mass is 32.1. The number of aliphatic imine (C=N–C) groups is 1. The Hall–Kier alpha value is -2.21. The fraction of sp³-hybridized carbons (Fsp3) is 0.353. The normalized spacial score (nSPS) is 11.2. The van der Waals surface area contributed by atoms with E-state index in [-0.39, 0.29) is 0 Å². The minimum atomic E-state index is 0.748. The summed E-state index contributed by atoms with van der Waals surface area (Å²) in [6.07, 6.45) is 0.875. The Bertz CT molecular complexity index is 627. The van der Waals surface area contributed by atoms with Crippen molar-refractivity contribution in [2.45, 2.75) is 13.0 Å². The molecule has 0 fully saturated rings. The molecule has 1 aromatic heterocycles. The lowest BCUT2D eigenvalue weighted by atomic mass is 10.1. The van der Waals surface area contributed by atoms with Gasteiger partial charge in [0, 0.05) is 18.5 Å². The van der Waals surface area contributed by atoms with Crippen LogP contribution in [0.2, 0.25) is 0 Å². The van der Waals surface area contributed by atoms with Crippen molar-refractivity contribution in [3.63, 3.8) is 0 Å². The molecule has 0 atom stereocenters. The highest BCUT2D eigenvalue weighted by molar-refractivity contribution is 7.09. The predicted molar refractivity (Wildman–Crippen MR) is 95.8 cm³/mol. The summed E-state index contributed by atoms with van der Waals surface area (Å²) < 4.78 is 10.6. The van der Waals surface area contributed by atoms with Crippen molar-refractivity contribution in [2.24, 2.45) is 4.99 Å². The zero-order valence-corrected chi connectivity index (χ0v) is 14.6. The number of rotatable bonds is 7. The minimum Gasteiger partial charge on any atom is -0.493 e. The molecule has 0 aliphatic heterocycles. The average molecular weight is 333 g/mol. The van der Waals surface area contributed by atoms with Gasteiger partial charge in [-0.2, -0.15) is 0 Å². The van der Waals surface area contributed by atoms with Crippen molar-refractivity contribution in [2.75, 3.05) is 27.8 Å². The van der Waals surface area contributed by atoms with Crippen LogP contribution in [0.25, 0.3) is 0 Å². The molecular weight excluding hydrogens is 310 g/mol. The van der Waals surface area contributed by atoms with Gasteiger partial charge in [0.15, 0.2) is 17.5 Å². The molecule has 5 nitrogen and oxygen atoms in total. The van der Waals surface area contributed by atoms with E-state index in [1.165, 1.54) is 10.4 Å². The van der Waals surface area contributed by atoms with E-state index in [1.807, 2.05) is 18.2 Å². The van der Waals surface area contributed by atoms with Gasteiger partial charge >= 0.3 is 0 Å². The predicted octanol–water partition coefficient (Wildman–Crippen LogP) is 2.67. The van der Waals surface area contributed by atoms with Gasteiger partial charge in [0.05, 0.1) is 20.8 Å². The molecule has 0 aliphatic carbocycles. The number of ether oxygens (including phenoxy) is 2. The van der Waals surface area contributed by atoms with Crippen LogP contribution < -0.4 is 20.1 Å². The first-order valence-corrected chi connectivity index (χ1v) is 8.32. The minimum absolute atomic E-state index is 0.748. The molecule has 2 N–H and O–H groups in total. The lowest BCUT2D eigenvalue weighted by molar-refractivity contribution is 0.354. The first-order chi connectivity index (χ1) is 11.3. The lowest BCUT2D eigenvalue weighted by Crippen LogP contribution is -2.37. The van der Waals surface area contributed by atoms with Gasteiger partial charge < -0.3 is 20.1 Å². The molecule has 0 unspecified atom stereocenters. The number of thiophene rings is 1. The Balaban J connectivity index is 1.81. The maximum Gasteiger partial charge on any atom is 0.191 e. The van der Waals surface area contributed by atoms with Gasteiger partial charge in [-0.1, -0.05) is 12.1 Å². The van der Waals surface area contributed by atoms with Crippen molar-refractivity contribution >= 4 is 17.3 Å². The van der Waals surface area contributed by atoms with E-state index in [1.54, 1.807) is 32.6 Å². The highest BCUT2D eigenvalue weighted by Crippen LogP contribution is 2.27. The van der Waals surface area contributed by atoms with Crippen LogP contribution in [-0.2, 0) is 13.0 Å². The van der Waals surface area contributed by atoms with Gasteiger partial charge in [0.2, 0.25) is 0 Å². The number of hydrogen-bond acceptors (Lipinski definition) is 4. The van der Waals surface area contributed by atoms with Crippen LogP contribution in [0.15, 0.2) is 40.7 Å². The second-order valence-corrected chi connectivity index (χ2v) is 5.90. The van der Waals surface area contributed by atoms with E-state index in [0.717, 1.165) is 37.0 Å². The number of nitrogens with zero attached hydrogens (tertiary/aromatic N) is 1. The summed E-state index contributed by atoms with van der Waals surface area (Å²) in [6, 6.07) is 10.1. The summed E-state index contributed by atoms with van der Waals surface area (Å²) in [5, 5.41) is 8.70. The Morgan fingerprint density at radius 3 is 2.61 bits per heavy atom. The zero-order valence-electron chi connectivity index (χ0n) is 13.8. The van der Waals surface area contributed by atoms with Crippen LogP contribution in [-0.4, -0.2) is 33.8 Å². The number of benzene rings is 1. The molecule has 124 valence electrons. The van der Waals surface area contributed by atoms with Crippen molar-refractivity contribution < 1.29 is 9.47 Å². The molecule has 0 radical (unpaired) electrons. The standard InChI is InChI=1S/C17H23N3O2S/c1-18-17(20-12-14-5-4-10-23-14)19-9-8-13-6-7-15(21-2)16(11-13)22-3/h4-7,10-11H,8-9,12H2,1-3H3,(H2,18,19,20). The molecule has 23 heavy (non-hydrogen) atoms. The van der Waals surface area contributed by atoms with Gasteiger partial charge in [-0.25, -0.2) is 0 Å². The molecule has 1 heterocycles. The van der Waals surface area contributed by atoms with Crippen molar-refractivity contribution in [3.8, 4) is 11.5 Å². The van der Waals surface area contributed by atoms with E-state index in [9.17, 15) is 0 Å².